The van der Waals surface area contributed by atoms with Crippen molar-refractivity contribution in [3.05, 3.63) is 71.8 Å². The summed E-state index contributed by atoms with van der Waals surface area (Å²) in [6.07, 6.45) is 2.05. The smallest absolute Gasteiger partial charge is 0.0643 e. The van der Waals surface area contributed by atoms with Crippen LogP contribution in [0.15, 0.2) is 60.7 Å². The lowest BCUT2D eigenvalue weighted by Crippen LogP contribution is -2.55. The third kappa shape index (κ3) is 1.83. The molecule has 2 aromatic carbocycles. The first kappa shape index (κ1) is 15.3. The maximum Gasteiger partial charge on any atom is 0.0643 e. The molecule has 0 radical (unpaired) electrons. The molecule has 2 aromatic rings. The third-order valence-electron chi connectivity index (χ3n) is 6.56. The lowest BCUT2D eigenvalue weighted by Gasteiger charge is -2.46. The molecule has 2 nitrogen and oxygen atoms in total. The summed E-state index contributed by atoms with van der Waals surface area (Å²) < 4.78 is 0. The summed E-state index contributed by atoms with van der Waals surface area (Å²) in [5.74, 6) is 0. The van der Waals surface area contributed by atoms with Crippen LogP contribution in [0.3, 0.4) is 0 Å². The molecular weight excluding hydrogens is 292 g/mol. The van der Waals surface area contributed by atoms with Gasteiger partial charge in [0.25, 0.3) is 0 Å². The van der Waals surface area contributed by atoms with Crippen molar-refractivity contribution in [2.75, 3.05) is 23.9 Å². The molecule has 0 saturated heterocycles. The first-order valence-electron chi connectivity index (χ1n) is 8.71. The number of likely N-dealkylation sites (N-methyl/N-ethyl adjacent to an activating group) is 2. The van der Waals surface area contributed by atoms with Crippen LogP contribution >= 0.6 is 0 Å². The van der Waals surface area contributed by atoms with Crippen molar-refractivity contribution in [2.24, 2.45) is 0 Å². The second kappa shape index (κ2) is 4.89. The van der Waals surface area contributed by atoms with E-state index in [2.05, 4.69) is 92.9 Å². The average Bonchev–Trinajstić information content (AvgIpc) is 3.01. The minimum Gasteiger partial charge on any atom is -0.365 e. The third-order valence-corrected chi connectivity index (χ3v) is 6.56. The van der Waals surface area contributed by atoms with Crippen LogP contribution in [0.5, 0.6) is 0 Å². The van der Waals surface area contributed by atoms with Crippen LogP contribution in [0.2, 0.25) is 0 Å². The summed E-state index contributed by atoms with van der Waals surface area (Å²) in [5, 5.41) is 0. The van der Waals surface area contributed by atoms with Crippen LogP contribution in [-0.2, 0) is 12.8 Å². The van der Waals surface area contributed by atoms with E-state index >= 15 is 0 Å². The lowest BCUT2D eigenvalue weighted by molar-refractivity contribution is 0.428. The number of rotatable bonds is 2. The van der Waals surface area contributed by atoms with Gasteiger partial charge in [0, 0.05) is 38.3 Å². The van der Waals surface area contributed by atoms with Gasteiger partial charge in [0.1, 0.15) is 0 Å². The Hall–Kier alpha value is -2.22. The number of nitrogens with zero attached hydrogens (tertiary/aromatic N) is 2. The highest BCUT2D eigenvalue weighted by atomic mass is 15.2. The second-order valence-electron chi connectivity index (χ2n) is 7.76. The van der Waals surface area contributed by atoms with Crippen molar-refractivity contribution in [3.8, 4) is 0 Å². The standard InChI is InChI=1S/C22H26N2/c1-16(21(2)14-17-10-6-8-12-19(17)23(21)4)22(3)15-18-11-7-9-13-20(18)24(22)5/h6-13H,1,14-15H2,2-5H3. The van der Waals surface area contributed by atoms with Gasteiger partial charge >= 0.3 is 0 Å². The van der Waals surface area contributed by atoms with Crippen molar-refractivity contribution in [1.29, 1.82) is 0 Å². The Kier molecular flexibility index (Phi) is 3.12. The molecule has 0 spiro atoms. The van der Waals surface area contributed by atoms with E-state index in [-0.39, 0.29) is 11.1 Å². The first-order valence-corrected chi connectivity index (χ1v) is 8.71. The average molecular weight is 318 g/mol. The molecule has 0 aromatic heterocycles. The summed E-state index contributed by atoms with van der Waals surface area (Å²) in [7, 11) is 4.42. The predicted molar refractivity (Wildman–Crippen MR) is 103 cm³/mol. The van der Waals surface area contributed by atoms with Gasteiger partial charge in [-0.25, -0.2) is 0 Å². The molecule has 24 heavy (non-hydrogen) atoms. The minimum absolute atomic E-state index is 0.0608. The summed E-state index contributed by atoms with van der Waals surface area (Å²) in [4.78, 5) is 4.85. The second-order valence-corrected chi connectivity index (χ2v) is 7.76. The molecule has 2 unspecified atom stereocenters. The Balaban J connectivity index is 1.73. The highest BCUT2D eigenvalue weighted by Crippen LogP contribution is 2.49. The molecule has 0 N–H and O–H groups in total. The van der Waals surface area contributed by atoms with Crippen LogP contribution in [0, 0.1) is 0 Å². The SMILES string of the molecule is C=C(C1(C)Cc2ccccc2N1C)C1(C)Cc2ccccc2N1C. The number of anilines is 2. The Labute approximate surface area is 145 Å². The lowest BCUT2D eigenvalue weighted by atomic mass is 9.75. The highest BCUT2D eigenvalue weighted by Gasteiger charge is 2.50. The van der Waals surface area contributed by atoms with Crippen molar-refractivity contribution in [1.82, 2.24) is 0 Å². The van der Waals surface area contributed by atoms with E-state index < -0.39 is 0 Å². The summed E-state index contributed by atoms with van der Waals surface area (Å²) >= 11 is 0. The molecule has 0 amide bonds. The van der Waals surface area contributed by atoms with Gasteiger partial charge in [-0.05, 0) is 42.7 Å². The fourth-order valence-corrected chi connectivity index (χ4v) is 4.68. The number of hydrogen-bond acceptors (Lipinski definition) is 2. The molecule has 2 aliphatic rings. The highest BCUT2D eigenvalue weighted by molar-refractivity contribution is 5.69. The first-order chi connectivity index (χ1) is 11.4. The van der Waals surface area contributed by atoms with Gasteiger partial charge in [-0.15, -0.1) is 0 Å². The van der Waals surface area contributed by atoms with Crippen molar-refractivity contribution in [3.63, 3.8) is 0 Å². The number of para-hydroxylation sites is 2. The Morgan fingerprint density at radius 2 is 1.17 bits per heavy atom. The molecule has 2 heterocycles. The Bertz CT molecular complexity index is 757. The topological polar surface area (TPSA) is 6.48 Å². The normalized spacial score (nSPS) is 28.0. The zero-order valence-electron chi connectivity index (χ0n) is 15.1. The van der Waals surface area contributed by atoms with Crippen LogP contribution in [-0.4, -0.2) is 25.2 Å². The summed E-state index contributed by atoms with van der Waals surface area (Å²) in [5.41, 5.74) is 6.69. The molecule has 2 aliphatic heterocycles. The van der Waals surface area contributed by atoms with Crippen LogP contribution in [0.1, 0.15) is 25.0 Å². The van der Waals surface area contributed by atoms with Gasteiger partial charge in [-0.2, -0.15) is 0 Å². The van der Waals surface area contributed by atoms with Gasteiger partial charge in [0.15, 0.2) is 0 Å². The molecule has 124 valence electrons. The van der Waals surface area contributed by atoms with E-state index in [0.29, 0.717) is 0 Å². The van der Waals surface area contributed by atoms with E-state index in [9.17, 15) is 0 Å². The maximum absolute atomic E-state index is 4.65. The zero-order chi connectivity index (χ0) is 17.1. The fourth-order valence-electron chi connectivity index (χ4n) is 4.68. The summed E-state index contributed by atoms with van der Waals surface area (Å²) in [6.45, 7) is 9.34. The fraction of sp³-hybridized carbons (Fsp3) is 0.364. The van der Waals surface area contributed by atoms with E-state index in [1.807, 2.05) is 0 Å². The van der Waals surface area contributed by atoms with Crippen molar-refractivity contribution in [2.45, 2.75) is 37.8 Å². The van der Waals surface area contributed by atoms with E-state index in [4.69, 9.17) is 0 Å². The Morgan fingerprint density at radius 1 is 0.792 bits per heavy atom. The van der Waals surface area contributed by atoms with E-state index in [1.54, 1.807) is 0 Å². The number of fused-ring (bicyclic) bond motifs is 2. The predicted octanol–water partition coefficient (Wildman–Crippen LogP) is 4.45. The number of benzene rings is 2. The number of hydrogen-bond donors (Lipinski definition) is 0. The van der Waals surface area contributed by atoms with Gasteiger partial charge < -0.3 is 9.80 Å². The maximum atomic E-state index is 4.65. The molecular formula is C22H26N2. The van der Waals surface area contributed by atoms with Crippen LogP contribution in [0.25, 0.3) is 0 Å². The van der Waals surface area contributed by atoms with Crippen LogP contribution < -0.4 is 9.80 Å². The van der Waals surface area contributed by atoms with Gasteiger partial charge in [0.2, 0.25) is 0 Å². The van der Waals surface area contributed by atoms with Crippen molar-refractivity contribution >= 4 is 11.4 Å². The largest absolute Gasteiger partial charge is 0.365 e. The van der Waals surface area contributed by atoms with E-state index in [1.165, 1.54) is 28.1 Å². The minimum atomic E-state index is -0.0608. The van der Waals surface area contributed by atoms with E-state index in [0.717, 1.165) is 12.8 Å². The van der Waals surface area contributed by atoms with Gasteiger partial charge in [0.05, 0.1) is 11.1 Å². The zero-order valence-corrected chi connectivity index (χ0v) is 15.1. The molecule has 2 heteroatoms. The summed E-state index contributed by atoms with van der Waals surface area (Å²) in [6, 6.07) is 17.5. The monoisotopic (exact) mass is 318 g/mol. The molecule has 0 bridgehead atoms. The van der Waals surface area contributed by atoms with Crippen LogP contribution in [0.4, 0.5) is 11.4 Å². The molecule has 0 saturated carbocycles. The Morgan fingerprint density at radius 3 is 1.54 bits per heavy atom. The molecule has 0 aliphatic carbocycles. The molecule has 0 fully saturated rings. The van der Waals surface area contributed by atoms with Crippen molar-refractivity contribution < 1.29 is 0 Å². The molecule has 4 rings (SSSR count). The van der Waals surface area contributed by atoms with Gasteiger partial charge in [-0.3, -0.25) is 0 Å². The quantitative estimate of drug-likeness (QED) is 0.755. The van der Waals surface area contributed by atoms with Gasteiger partial charge in [-0.1, -0.05) is 43.0 Å². The molecule has 2 atom stereocenters.